The normalized spacial score (nSPS) is 10.5. The number of hydrogen-bond donors (Lipinski definition) is 2. The summed E-state index contributed by atoms with van der Waals surface area (Å²) in [5.41, 5.74) is 0.622. The van der Waals surface area contributed by atoms with Gasteiger partial charge >= 0.3 is 0 Å². The number of thiol groups is 1. The van der Waals surface area contributed by atoms with E-state index in [1.165, 1.54) is 6.07 Å². The van der Waals surface area contributed by atoms with Crippen LogP contribution >= 0.6 is 35.8 Å². The van der Waals surface area contributed by atoms with Crippen molar-refractivity contribution in [3.05, 3.63) is 23.8 Å². The zero-order valence-electron chi connectivity index (χ0n) is 5.46. The highest BCUT2D eigenvalue weighted by atomic mass is 35.5. The molecule has 0 amide bonds. The Kier molecular flexibility index (Phi) is 2.93. The lowest BCUT2D eigenvalue weighted by molar-refractivity contribution is 0.461. The maximum atomic E-state index is 9.16. The van der Waals surface area contributed by atoms with Gasteiger partial charge in [-0.2, -0.15) is 0 Å². The van der Waals surface area contributed by atoms with E-state index in [2.05, 4.69) is 12.6 Å². The second-order valence-corrected chi connectivity index (χ2v) is 3.56. The van der Waals surface area contributed by atoms with Crippen molar-refractivity contribution in [2.45, 2.75) is 9.73 Å². The molecule has 0 unspecified atom stereocenters. The van der Waals surface area contributed by atoms with Gasteiger partial charge in [-0.1, -0.05) is 12.1 Å². The minimum absolute atomic E-state index is 0.0946. The van der Waals surface area contributed by atoms with Gasteiger partial charge in [0, 0.05) is 5.56 Å². The summed E-state index contributed by atoms with van der Waals surface area (Å²) in [6.07, 6.45) is 0. The van der Waals surface area contributed by atoms with E-state index in [-0.39, 0.29) is 5.75 Å². The maximum absolute atomic E-state index is 9.16. The Labute approximate surface area is 80.4 Å². The SMILES string of the molecule is Oc1cccc(C(Cl)Cl)c1S. The molecule has 1 aromatic rings. The Morgan fingerprint density at radius 3 is 2.45 bits per heavy atom. The van der Waals surface area contributed by atoms with E-state index in [1.807, 2.05) is 0 Å². The van der Waals surface area contributed by atoms with E-state index in [1.54, 1.807) is 12.1 Å². The van der Waals surface area contributed by atoms with Crippen LogP contribution in [-0.2, 0) is 0 Å². The lowest BCUT2D eigenvalue weighted by Crippen LogP contribution is -1.83. The van der Waals surface area contributed by atoms with Crippen molar-refractivity contribution in [2.24, 2.45) is 0 Å². The third-order valence-electron chi connectivity index (χ3n) is 1.28. The highest BCUT2D eigenvalue weighted by Gasteiger charge is 2.09. The van der Waals surface area contributed by atoms with Gasteiger partial charge in [0.15, 0.2) is 0 Å². The Bertz CT molecular complexity index is 263. The third kappa shape index (κ3) is 1.95. The zero-order chi connectivity index (χ0) is 8.43. The van der Waals surface area contributed by atoms with Crippen molar-refractivity contribution < 1.29 is 5.11 Å². The van der Waals surface area contributed by atoms with Gasteiger partial charge in [0.25, 0.3) is 0 Å². The number of alkyl halides is 2. The first kappa shape index (κ1) is 9.04. The number of aromatic hydroxyl groups is 1. The second kappa shape index (κ2) is 3.57. The summed E-state index contributed by atoms with van der Waals surface area (Å²) in [5, 5.41) is 9.16. The summed E-state index contributed by atoms with van der Waals surface area (Å²) in [4.78, 5) is -0.211. The van der Waals surface area contributed by atoms with E-state index in [0.717, 1.165) is 0 Å². The molecule has 0 aliphatic carbocycles. The molecule has 0 saturated carbocycles. The minimum Gasteiger partial charge on any atom is -0.507 e. The topological polar surface area (TPSA) is 20.2 Å². The summed E-state index contributed by atoms with van der Waals surface area (Å²) in [5.74, 6) is 0.0946. The molecule has 0 aromatic heterocycles. The van der Waals surface area contributed by atoms with Crippen LogP contribution in [0.2, 0.25) is 0 Å². The first-order valence-corrected chi connectivity index (χ1v) is 4.24. The smallest absolute Gasteiger partial charge is 0.134 e. The molecule has 4 heteroatoms. The van der Waals surface area contributed by atoms with E-state index < -0.39 is 4.84 Å². The number of phenolic OH excluding ortho intramolecular Hbond substituents is 1. The van der Waals surface area contributed by atoms with E-state index >= 15 is 0 Å². The van der Waals surface area contributed by atoms with Gasteiger partial charge in [-0.25, -0.2) is 0 Å². The van der Waals surface area contributed by atoms with Gasteiger partial charge in [0.1, 0.15) is 10.6 Å². The second-order valence-electron chi connectivity index (χ2n) is 2.02. The molecule has 0 aliphatic heterocycles. The van der Waals surface area contributed by atoms with Gasteiger partial charge in [-0.15, -0.1) is 35.8 Å². The molecule has 60 valence electrons. The molecule has 0 atom stereocenters. The highest BCUT2D eigenvalue weighted by molar-refractivity contribution is 7.80. The van der Waals surface area contributed by atoms with Crippen LogP contribution in [0.3, 0.4) is 0 Å². The number of hydrogen-bond acceptors (Lipinski definition) is 2. The summed E-state index contributed by atoms with van der Waals surface area (Å²) in [6.45, 7) is 0. The Morgan fingerprint density at radius 1 is 1.36 bits per heavy atom. The van der Waals surface area contributed by atoms with Crippen molar-refractivity contribution >= 4 is 35.8 Å². The molecule has 1 aromatic carbocycles. The number of benzene rings is 1. The van der Waals surface area contributed by atoms with Crippen molar-refractivity contribution in [1.29, 1.82) is 0 Å². The lowest BCUT2D eigenvalue weighted by atomic mass is 10.2. The van der Waals surface area contributed by atoms with E-state index in [4.69, 9.17) is 28.3 Å². The molecular weight excluding hydrogens is 203 g/mol. The predicted molar refractivity (Wildman–Crippen MR) is 49.8 cm³/mol. The van der Waals surface area contributed by atoms with Crippen molar-refractivity contribution in [3.63, 3.8) is 0 Å². The molecule has 0 heterocycles. The number of halogens is 2. The van der Waals surface area contributed by atoms with Crippen LogP contribution in [0.5, 0.6) is 5.75 Å². The van der Waals surface area contributed by atoms with Crippen LogP contribution in [0.4, 0.5) is 0 Å². The molecule has 0 aliphatic rings. The summed E-state index contributed by atoms with van der Waals surface area (Å²) in [7, 11) is 0. The molecule has 0 bridgehead atoms. The molecule has 1 rings (SSSR count). The molecule has 0 radical (unpaired) electrons. The first-order valence-electron chi connectivity index (χ1n) is 2.92. The van der Waals surface area contributed by atoms with Crippen LogP contribution in [0.25, 0.3) is 0 Å². The third-order valence-corrected chi connectivity index (χ3v) is 2.24. The average Bonchev–Trinajstić information content (AvgIpc) is 1.94. The fourth-order valence-corrected chi connectivity index (χ4v) is 1.52. The summed E-state index contributed by atoms with van der Waals surface area (Å²) in [6, 6.07) is 4.91. The molecule has 1 nitrogen and oxygen atoms in total. The molecule has 0 fully saturated rings. The molecule has 1 N–H and O–H groups in total. The highest BCUT2D eigenvalue weighted by Crippen LogP contribution is 2.34. The monoisotopic (exact) mass is 208 g/mol. The average molecular weight is 209 g/mol. The zero-order valence-corrected chi connectivity index (χ0v) is 7.87. The largest absolute Gasteiger partial charge is 0.507 e. The van der Waals surface area contributed by atoms with E-state index in [0.29, 0.717) is 10.5 Å². The molecule has 0 spiro atoms. The fourth-order valence-electron chi connectivity index (χ4n) is 0.725. The van der Waals surface area contributed by atoms with Crippen LogP contribution in [0.15, 0.2) is 23.1 Å². The summed E-state index contributed by atoms with van der Waals surface area (Å²) < 4.78 is 0. The van der Waals surface area contributed by atoms with Gasteiger partial charge < -0.3 is 5.11 Å². The van der Waals surface area contributed by atoms with Crippen molar-refractivity contribution in [2.75, 3.05) is 0 Å². The first-order chi connectivity index (χ1) is 5.13. The van der Waals surface area contributed by atoms with Gasteiger partial charge in [0.2, 0.25) is 0 Å². The number of phenols is 1. The number of rotatable bonds is 1. The van der Waals surface area contributed by atoms with Crippen LogP contribution in [0, 0.1) is 0 Å². The van der Waals surface area contributed by atoms with Crippen molar-refractivity contribution in [1.82, 2.24) is 0 Å². The Balaban J connectivity index is 3.17. The predicted octanol–water partition coefficient (Wildman–Crippen LogP) is 3.16. The van der Waals surface area contributed by atoms with Gasteiger partial charge in [-0.05, 0) is 6.07 Å². The quantitative estimate of drug-likeness (QED) is 0.537. The fraction of sp³-hybridized carbons (Fsp3) is 0.143. The van der Waals surface area contributed by atoms with Crippen LogP contribution < -0.4 is 0 Å². The standard InChI is InChI=1S/C7H6Cl2OS/c8-7(9)4-2-1-3-5(10)6(4)11/h1-3,7,10-11H. The Morgan fingerprint density at radius 2 is 2.00 bits per heavy atom. The Hall–Kier alpha value is -0.0500. The maximum Gasteiger partial charge on any atom is 0.134 e. The molecular formula is C7H6Cl2OS. The molecule has 0 saturated heterocycles. The molecule has 11 heavy (non-hydrogen) atoms. The minimum atomic E-state index is -0.644. The van der Waals surface area contributed by atoms with Crippen LogP contribution in [0.1, 0.15) is 10.4 Å². The van der Waals surface area contributed by atoms with Gasteiger partial charge in [-0.3, -0.25) is 0 Å². The lowest BCUT2D eigenvalue weighted by Gasteiger charge is -2.05. The van der Waals surface area contributed by atoms with Gasteiger partial charge in [0.05, 0.1) is 4.90 Å². The van der Waals surface area contributed by atoms with E-state index in [9.17, 15) is 0 Å². The van der Waals surface area contributed by atoms with Crippen LogP contribution in [-0.4, -0.2) is 5.11 Å². The summed E-state index contributed by atoms with van der Waals surface area (Å²) >= 11 is 15.2. The van der Waals surface area contributed by atoms with Crippen molar-refractivity contribution in [3.8, 4) is 5.75 Å².